The predicted molar refractivity (Wildman–Crippen MR) is 403 cm³/mol. The second kappa shape index (κ2) is 43.2. The van der Waals surface area contributed by atoms with E-state index in [-0.39, 0.29) is 70.1 Å². The normalized spacial score (nSPS) is 16.5. The number of ether oxygens (including phenoxy) is 2. The molecule has 5 atom stereocenters. The lowest BCUT2D eigenvalue weighted by molar-refractivity contribution is -0.146. The van der Waals surface area contributed by atoms with Crippen molar-refractivity contribution >= 4 is 116 Å². The van der Waals surface area contributed by atoms with Crippen LogP contribution in [0.3, 0.4) is 0 Å². The molecule has 43 heteroatoms. The fraction of sp³-hybridized carbons (Fsp3) is 0.611. The van der Waals surface area contributed by atoms with E-state index in [1.165, 1.54) is 80.9 Å². The average Bonchev–Trinajstić information content (AvgIpc) is 1.50. The molecule has 2 aliphatic heterocycles. The summed E-state index contributed by atoms with van der Waals surface area (Å²) in [5.41, 5.74) is 3.89. The Morgan fingerprint density at radius 3 is 1.49 bits per heavy atom. The number of carbonyl (C=O) groups is 18. The van der Waals surface area contributed by atoms with Crippen molar-refractivity contribution in [2.75, 3.05) is 168 Å². The van der Waals surface area contributed by atoms with Gasteiger partial charge in [0.1, 0.15) is 25.1 Å². The summed E-state index contributed by atoms with van der Waals surface area (Å²) in [7, 11) is 7.60. The molecule has 42 nitrogen and oxygen atoms in total. The predicted octanol–water partition coefficient (Wildman–Crippen LogP) is -7.04. The monoisotopic (exact) mass is 1640 g/mol. The number of nitrogens with zero attached hydrogens (tertiary/aromatic N) is 12. The summed E-state index contributed by atoms with van der Waals surface area (Å²) in [5.74, 6) is -14.2. The molecule has 17 amide bonds. The minimum absolute atomic E-state index is 0.0147. The number of carboxylic acid groups (broad SMARTS) is 1. The third-order valence-corrected chi connectivity index (χ3v) is 22.4. The van der Waals surface area contributed by atoms with Crippen LogP contribution >= 0.6 is 0 Å². The van der Waals surface area contributed by atoms with E-state index >= 15 is 0 Å². The fourth-order valence-corrected chi connectivity index (χ4v) is 15.0. The summed E-state index contributed by atoms with van der Waals surface area (Å²) >= 11 is 0. The molecule has 6 rings (SSSR count). The first-order chi connectivity index (χ1) is 54.2. The van der Waals surface area contributed by atoms with Gasteiger partial charge in [-0.3, -0.25) is 86.3 Å². The number of sulfone groups is 1. The largest absolute Gasteiger partial charge is 0.481 e. The molecule has 1 aromatic carbocycles. The molecule has 1 spiro atoms. The molecule has 3 heterocycles. The number of hydrogen-bond donors (Lipinski definition) is 8. The number of hydrogen-bond acceptors (Lipinski definition) is 24. The Hall–Kier alpha value is -11.4. The number of benzene rings is 1. The van der Waals surface area contributed by atoms with Crippen LogP contribution in [-0.4, -0.2) is 376 Å². The molecule has 2 aromatic rings. The molecular formula is C72H105N19O23S. The SMILES string of the molecule is CN(CC(N)=O)C(=O)CN(C)C(=O)CN(C)C(=O)CN(C)C(=O)CN(C)C(=O)CN(C)C(=O)CN(C)C(=O)CN(C)C(=O)CN(C)C(=O)C[C@H](NC(=O)CCN1CC2(CCOC(S(=O)(=O)C3CCCC3)C2)c2ncncc2C1=O)C(=O)NCC(=O)NCC(=O)N[C@@H](Cc1ccccc1)C(=O)NCC(=O)NCO[C@@H](CC(=O)O)C1CC1. The number of carboxylic acids is 1. The third kappa shape index (κ3) is 28.6. The molecule has 2 saturated carbocycles. The van der Waals surface area contributed by atoms with Gasteiger partial charge in [-0.15, -0.1) is 0 Å². The van der Waals surface area contributed by atoms with E-state index in [2.05, 4.69) is 41.9 Å². The summed E-state index contributed by atoms with van der Waals surface area (Å²) < 4.78 is 39.3. The first-order valence-electron chi connectivity index (χ1n) is 37.1. The molecule has 4 aliphatic rings. The number of amides is 17. The molecule has 2 unspecified atom stereocenters. The summed E-state index contributed by atoms with van der Waals surface area (Å²) in [6.07, 6.45) is 4.51. The molecule has 0 bridgehead atoms. The minimum Gasteiger partial charge on any atom is -0.481 e. The molecule has 0 radical (unpaired) electrons. The molecular weight excluding hydrogens is 1530 g/mol. The Balaban J connectivity index is 1.03. The van der Waals surface area contributed by atoms with Crippen molar-refractivity contribution in [3.05, 3.63) is 59.7 Å². The average molecular weight is 1640 g/mol. The van der Waals surface area contributed by atoms with Crippen molar-refractivity contribution in [2.45, 2.75) is 111 Å². The van der Waals surface area contributed by atoms with Crippen LogP contribution in [0.2, 0.25) is 0 Å². The molecule has 632 valence electrons. The molecule has 2 aliphatic carbocycles. The molecule has 115 heavy (non-hydrogen) atoms. The Morgan fingerprint density at radius 2 is 1.02 bits per heavy atom. The van der Waals surface area contributed by atoms with E-state index in [4.69, 9.17) is 15.2 Å². The van der Waals surface area contributed by atoms with Gasteiger partial charge >= 0.3 is 5.97 Å². The summed E-state index contributed by atoms with van der Waals surface area (Å²) in [4.78, 5) is 255. The van der Waals surface area contributed by atoms with Gasteiger partial charge in [0.25, 0.3) is 5.91 Å². The highest BCUT2D eigenvalue weighted by molar-refractivity contribution is 7.92. The number of nitrogens with one attached hydrogen (secondary N) is 6. The molecule has 9 N–H and O–H groups in total. The zero-order valence-electron chi connectivity index (χ0n) is 66.1. The first-order valence-corrected chi connectivity index (χ1v) is 38.7. The van der Waals surface area contributed by atoms with Crippen molar-refractivity contribution in [1.29, 1.82) is 0 Å². The second-order valence-corrected chi connectivity index (χ2v) is 31.6. The number of aliphatic carboxylic acids is 1. The van der Waals surface area contributed by atoms with Gasteiger partial charge in [-0.25, -0.2) is 18.4 Å². The number of carbonyl (C=O) groups excluding carboxylic acids is 17. The summed E-state index contributed by atoms with van der Waals surface area (Å²) in [6, 6.07) is 5.37. The van der Waals surface area contributed by atoms with Crippen molar-refractivity contribution < 1.29 is 109 Å². The van der Waals surface area contributed by atoms with Crippen LogP contribution in [0.5, 0.6) is 0 Å². The van der Waals surface area contributed by atoms with Crippen LogP contribution in [0.25, 0.3) is 0 Å². The van der Waals surface area contributed by atoms with Crippen molar-refractivity contribution in [1.82, 2.24) is 90.9 Å². The number of likely N-dealkylation sites (N-methyl/N-ethyl adjacent to an activating group) is 9. The lowest BCUT2D eigenvalue weighted by Crippen LogP contribution is -2.56. The van der Waals surface area contributed by atoms with Gasteiger partial charge < -0.3 is 101 Å². The first kappa shape index (κ1) is 92.5. The van der Waals surface area contributed by atoms with Gasteiger partial charge in [-0.05, 0) is 43.6 Å². The standard InChI is InChI=1S/C72H105N19O23S/c1-82(33-52(73)92)58(98)35-84(3)60(100)37-86(5)62(102)39-88(7)64(104)41-90(9)65(105)40-89(8)63(103)38-87(6)61(101)36-85(4)59(99)34-83(2)57(97)26-50(80-53(93)21-23-91-42-72(68-48(71(91)110)29-74-43-78-68)22-24-113-67(28-72)115(111,112)47-17-13-14-18-47)70(109)76-30-54(94)75-32-56(96)81-49(25-45-15-11-10-12-16-45)69(108)77-31-55(95)79-44-114-51(27-66(106)107)46-19-20-46/h10-12,15-16,29,43,46-47,49-51,67H,13-14,17-28,30-42,44H2,1-9H3,(H2,73,92)(H,75,94)(H,76,109)(H,77,108)(H,79,95)(H,80,93)(H,81,96)(H,106,107)/t49-,50-,51-,67?,72?/m0/s1. The highest BCUT2D eigenvalue weighted by Gasteiger charge is 2.52. The zero-order valence-corrected chi connectivity index (χ0v) is 66.9. The Kier molecular flexibility index (Phi) is 34.8. The van der Waals surface area contributed by atoms with Crippen molar-refractivity contribution in [3.63, 3.8) is 0 Å². The van der Waals surface area contributed by atoms with Crippen LogP contribution in [-0.2, 0) is 113 Å². The summed E-state index contributed by atoms with van der Waals surface area (Å²) in [6.45, 7) is -7.69. The molecule has 1 aromatic heterocycles. The van der Waals surface area contributed by atoms with Crippen LogP contribution in [0.4, 0.5) is 0 Å². The van der Waals surface area contributed by atoms with E-state index in [9.17, 15) is 99.8 Å². The van der Waals surface area contributed by atoms with Crippen molar-refractivity contribution in [3.8, 4) is 0 Å². The Bertz CT molecular complexity index is 4050. The zero-order chi connectivity index (χ0) is 85.2. The van der Waals surface area contributed by atoms with E-state index in [0.717, 1.165) is 69.8 Å². The fourth-order valence-electron chi connectivity index (χ4n) is 12.7. The maximum Gasteiger partial charge on any atom is 0.305 e. The Morgan fingerprint density at radius 1 is 0.574 bits per heavy atom. The maximum atomic E-state index is 14.1. The summed E-state index contributed by atoms with van der Waals surface area (Å²) in [5, 5.41) is 23.1. The van der Waals surface area contributed by atoms with Gasteiger partial charge in [-0.2, -0.15) is 0 Å². The number of nitrogens with two attached hydrogens (primary N) is 1. The van der Waals surface area contributed by atoms with Gasteiger partial charge in [0.05, 0.1) is 114 Å². The van der Waals surface area contributed by atoms with E-state index < -0.39 is 235 Å². The van der Waals surface area contributed by atoms with E-state index in [1.807, 2.05) is 0 Å². The third-order valence-electron chi connectivity index (χ3n) is 20.0. The number of aromatic nitrogens is 2. The van der Waals surface area contributed by atoms with Crippen LogP contribution in [0.15, 0.2) is 42.9 Å². The lowest BCUT2D eigenvalue weighted by atomic mass is 9.72. The maximum absolute atomic E-state index is 14.1. The number of rotatable bonds is 43. The van der Waals surface area contributed by atoms with Crippen LogP contribution in [0.1, 0.15) is 92.2 Å². The van der Waals surface area contributed by atoms with Gasteiger partial charge in [0, 0.05) is 114 Å². The van der Waals surface area contributed by atoms with Crippen LogP contribution in [0, 0.1) is 5.92 Å². The second-order valence-electron chi connectivity index (χ2n) is 29.2. The van der Waals surface area contributed by atoms with Crippen molar-refractivity contribution in [2.24, 2.45) is 11.7 Å². The number of primary amides is 1. The quantitative estimate of drug-likeness (QED) is 0.0286. The van der Waals surface area contributed by atoms with Gasteiger partial charge in [0.15, 0.2) is 15.3 Å². The highest BCUT2D eigenvalue weighted by Crippen LogP contribution is 2.44. The van der Waals surface area contributed by atoms with Crippen LogP contribution < -0.4 is 37.6 Å². The topological polar surface area (TPSA) is 536 Å². The minimum atomic E-state index is -3.79. The van der Waals surface area contributed by atoms with E-state index in [0.29, 0.717) is 24.1 Å². The van der Waals surface area contributed by atoms with E-state index in [1.54, 1.807) is 30.3 Å². The van der Waals surface area contributed by atoms with Gasteiger partial charge in [0.2, 0.25) is 94.5 Å². The smallest absolute Gasteiger partial charge is 0.305 e. The Labute approximate surface area is 664 Å². The molecule has 3 fully saturated rings. The van der Waals surface area contributed by atoms with Gasteiger partial charge in [-0.1, -0.05) is 43.2 Å². The number of fused-ring (bicyclic) bond motifs is 2. The highest BCUT2D eigenvalue weighted by atomic mass is 32.2. The molecule has 1 saturated heterocycles. The lowest BCUT2D eigenvalue weighted by Gasteiger charge is -2.46.